The van der Waals surface area contributed by atoms with Gasteiger partial charge in [-0.05, 0) is 59.2 Å². The predicted octanol–water partition coefficient (Wildman–Crippen LogP) is 2.11. The van der Waals surface area contributed by atoms with E-state index in [9.17, 15) is 0 Å². The molecular formula is C12H26N2. The zero-order valence-electron chi connectivity index (χ0n) is 10.3. The van der Waals surface area contributed by atoms with Gasteiger partial charge in [0, 0.05) is 12.1 Å². The normalized spacial score (nSPS) is 24.2. The molecule has 1 unspecified atom stereocenters. The SMILES string of the molecule is CCC(C)(C)N(C)CC1CCCNC1. The quantitative estimate of drug-likeness (QED) is 0.744. The van der Waals surface area contributed by atoms with Crippen LogP contribution in [0.3, 0.4) is 0 Å². The van der Waals surface area contributed by atoms with Crippen molar-refractivity contribution in [3.05, 3.63) is 0 Å². The largest absolute Gasteiger partial charge is 0.316 e. The first-order chi connectivity index (χ1) is 6.56. The van der Waals surface area contributed by atoms with Crippen molar-refractivity contribution in [3.63, 3.8) is 0 Å². The second-order valence-electron chi connectivity index (χ2n) is 5.26. The van der Waals surface area contributed by atoms with Gasteiger partial charge in [0.25, 0.3) is 0 Å². The molecule has 0 aliphatic carbocycles. The number of piperidine rings is 1. The van der Waals surface area contributed by atoms with Crippen molar-refractivity contribution in [2.24, 2.45) is 5.92 Å². The first-order valence-electron chi connectivity index (χ1n) is 5.98. The Morgan fingerprint density at radius 1 is 1.43 bits per heavy atom. The van der Waals surface area contributed by atoms with E-state index in [-0.39, 0.29) is 0 Å². The second kappa shape index (κ2) is 5.13. The molecule has 0 aromatic heterocycles. The Bertz CT molecular complexity index is 160. The Hall–Kier alpha value is -0.0800. The van der Waals surface area contributed by atoms with E-state index in [1.54, 1.807) is 0 Å². The van der Waals surface area contributed by atoms with Gasteiger partial charge in [0.1, 0.15) is 0 Å². The van der Waals surface area contributed by atoms with Gasteiger partial charge < -0.3 is 10.2 Å². The first-order valence-corrected chi connectivity index (χ1v) is 5.98. The third-order valence-corrected chi connectivity index (χ3v) is 3.83. The molecule has 1 saturated heterocycles. The Morgan fingerprint density at radius 2 is 2.14 bits per heavy atom. The van der Waals surface area contributed by atoms with Crippen LogP contribution in [0.25, 0.3) is 0 Å². The summed E-state index contributed by atoms with van der Waals surface area (Å²) in [6.07, 6.45) is 3.98. The molecule has 1 aliphatic heterocycles. The van der Waals surface area contributed by atoms with Gasteiger partial charge in [-0.2, -0.15) is 0 Å². The van der Waals surface area contributed by atoms with Crippen LogP contribution < -0.4 is 5.32 Å². The molecule has 1 heterocycles. The molecule has 1 fully saturated rings. The minimum atomic E-state index is 0.359. The monoisotopic (exact) mass is 198 g/mol. The molecule has 0 aromatic rings. The highest BCUT2D eigenvalue weighted by atomic mass is 15.2. The summed E-state index contributed by atoms with van der Waals surface area (Å²) in [6.45, 7) is 10.6. The lowest BCUT2D eigenvalue weighted by Crippen LogP contribution is -2.45. The van der Waals surface area contributed by atoms with E-state index in [0.29, 0.717) is 5.54 Å². The summed E-state index contributed by atoms with van der Waals surface area (Å²) in [7, 11) is 2.26. The fourth-order valence-corrected chi connectivity index (χ4v) is 1.98. The Morgan fingerprint density at radius 3 is 2.64 bits per heavy atom. The average molecular weight is 198 g/mol. The van der Waals surface area contributed by atoms with Crippen LogP contribution in [0.5, 0.6) is 0 Å². The van der Waals surface area contributed by atoms with Crippen LogP contribution in [0.2, 0.25) is 0 Å². The molecule has 0 spiro atoms. The highest BCUT2D eigenvalue weighted by molar-refractivity contribution is 4.81. The summed E-state index contributed by atoms with van der Waals surface area (Å²) in [5, 5.41) is 3.48. The maximum atomic E-state index is 3.48. The minimum absolute atomic E-state index is 0.359. The average Bonchev–Trinajstić information content (AvgIpc) is 2.19. The number of rotatable bonds is 4. The molecule has 0 amide bonds. The third kappa shape index (κ3) is 3.25. The van der Waals surface area contributed by atoms with Gasteiger partial charge in [0.15, 0.2) is 0 Å². The van der Waals surface area contributed by atoms with Gasteiger partial charge in [0.05, 0.1) is 0 Å². The highest BCUT2D eigenvalue weighted by Crippen LogP contribution is 2.20. The lowest BCUT2D eigenvalue weighted by molar-refractivity contribution is 0.119. The van der Waals surface area contributed by atoms with Crippen LogP contribution in [0, 0.1) is 5.92 Å². The lowest BCUT2D eigenvalue weighted by Gasteiger charge is -2.38. The van der Waals surface area contributed by atoms with Gasteiger partial charge in [-0.3, -0.25) is 0 Å². The smallest absolute Gasteiger partial charge is 0.0147 e. The van der Waals surface area contributed by atoms with Gasteiger partial charge >= 0.3 is 0 Å². The Balaban J connectivity index is 2.34. The molecule has 1 atom stereocenters. The summed E-state index contributed by atoms with van der Waals surface area (Å²) < 4.78 is 0. The minimum Gasteiger partial charge on any atom is -0.316 e. The molecule has 0 saturated carbocycles. The van der Waals surface area contributed by atoms with E-state index < -0.39 is 0 Å². The van der Waals surface area contributed by atoms with Crippen LogP contribution >= 0.6 is 0 Å². The van der Waals surface area contributed by atoms with Crippen LogP contribution in [-0.4, -0.2) is 37.1 Å². The summed E-state index contributed by atoms with van der Waals surface area (Å²) in [5.41, 5.74) is 0.359. The molecule has 1 aliphatic rings. The molecule has 1 N–H and O–H groups in total. The van der Waals surface area contributed by atoms with Crippen molar-refractivity contribution in [1.82, 2.24) is 10.2 Å². The van der Waals surface area contributed by atoms with E-state index in [4.69, 9.17) is 0 Å². The molecule has 2 heteroatoms. The molecule has 1 rings (SSSR count). The van der Waals surface area contributed by atoms with Crippen molar-refractivity contribution < 1.29 is 0 Å². The van der Waals surface area contributed by atoms with Crippen LogP contribution in [-0.2, 0) is 0 Å². The maximum Gasteiger partial charge on any atom is 0.0147 e. The third-order valence-electron chi connectivity index (χ3n) is 3.83. The summed E-state index contributed by atoms with van der Waals surface area (Å²) in [6, 6.07) is 0. The summed E-state index contributed by atoms with van der Waals surface area (Å²) in [5.74, 6) is 0.861. The zero-order chi connectivity index (χ0) is 10.6. The molecule has 84 valence electrons. The van der Waals surface area contributed by atoms with Gasteiger partial charge in [-0.15, -0.1) is 0 Å². The van der Waals surface area contributed by atoms with Crippen molar-refractivity contribution in [2.45, 2.75) is 45.6 Å². The fraction of sp³-hybridized carbons (Fsp3) is 1.00. The highest BCUT2D eigenvalue weighted by Gasteiger charge is 2.24. The topological polar surface area (TPSA) is 15.3 Å². The van der Waals surface area contributed by atoms with E-state index >= 15 is 0 Å². The Labute approximate surface area is 89.1 Å². The summed E-state index contributed by atoms with van der Waals surface area (Å²) in [4.78, 5) is 2.52. The van der Waals surface area contributed by atoms with Crippen molar-refractivity contribution in [2.75, 3.05) is 26.7 Å². The maximum absolute atomic E-state index is 3.48. The summed E-state index contributed by atoms with van der Waals surface area (Å²) >= 11 is 0. The van der Waals surface area contributed by atoms with Crippen molar-refractivity contribution >= 4 is 0 Å². The predicted molar refractivity (Wildman–Crippen MR) is 62.6 cm³/mol. The molecule has 0 aromatic carbocycles. The van der Waals surface area contributed by atoms with Crippen molar-refractivity contribution in [3.8, 4) is 0 Å². The number of nitrogens with one attached hydrogen (secondary N) is 1. The van der Waals surface area contributed by atoms with Crippen LogP contribution in [0.1, 0.15) is 40.0 Å². The Kier molecular flexibility index (Phi) is 4.39. The molecule has 0 bridgehead atoms. The molecule has 14 heavy (non-hydrogen) atoms. The molecular weight excluding hydrogens is 172 g/mol. The van der Waals surface area contributed by atoms with Crippen LogP contribution in [0.15, 0.2) is 0 Å². The van der Waals surface area contributed by atoms with E-state index in [2.05, 4.69) is 38.0 Å². The van der Waals surface area contributed by atoms with Gasteiger partial charge in [0.2, 0.25) is 0 Å². The number of hydrogen-bond acceptors (Lipinski definition) is 2. The van der Waals surface area contributed by atoms with Gasteiger partial charge in [-0.25, -0.2) is 0 Å². The van der Waals surface area contributed by atoms with Crippen LogP contribution in [0.4, 0.5) is 0 Å². The fourth-order valence-electron chi connectivity index (χ4n) is 1.98. The molecule has 0 radical (unpaired) electrons. The van der Waals surface area contributed by atoms with E-state index in [0.717, 1.165) is 5.92 Å². The molecule has 2 nitrogen and oxygen atoms in total. The second-order valence-corrected chi connectivity index (χ2v) is 5.26. The number of nitrogens with zero attached hydrogens (tertiary/aromatic N) is 1. The lowest BCUT2D eigenvalue weighted by atomic mass is 9.94. The van der Waals surface area contributed by atoms with E-state index in [1.807, 2.05) is 0 Å². The first kappa shape index (κ1) is 12.0. The zero-order valence-corrected chi connectivity index (χ0v) is 10.3. The standard InChI is InChI=1S/C12H26N2/c1-5-12(2,3)14(4)10-11-7-6-8-13-9-11/h11,13H,5-10H2,1-4H3. The van der Waals surface area contributed by atoms with Gasteiger partial charge in [-0.1, -0.05) is 6.92 Å². The van der Waals surface area contributed by atoms with E-state index in [1.165, 1.54) is 38.9 Å². The number of hydrogen-bond donors (Lipinski definition) is 1. The van der Waals surface area contributed by atoms with Crippen molar-refractivity contribution in [1.29, 1.82) is 0 Å².